The predicted octanol–water partition coefficient (Wildman–Crippen LogP) is 6.52. The third-order valence-corrected chi connectivity index (χ3v) is 5.27. The molecule has 0 radical (unpaired) electrons. The topological polar surface area (TPSA) is 88.1 Å². The summed E-state index contributed by atoms with van der Waals surface area (Å²) in [6.07, 6.45) is 8.03. The van der Waals surface area contributed by atoms with Gasteiger partial charge in [0.05, 0.1) is 26.1 Å². The van der Waals surface area contributed by atoms with E-state index in [1.807, 2.05) is 30.3 Å². The Kier molecular flexibility index (Phi) is 17.2. The summed E-state index contributed by atoms with van der Waals surface area (Å²) in [6, 6.07) is 9.18. The van der Waals surface area contributed by atoms with Crippen molar-refractivity contribution >= 4 is 18.1 Å². The third-order valence-electron chi connectivity index (χ3n) is 5.27. The smallest absolute Gasteiger partial charge is 0.466 e. The Labute approximate surface area is 204 Å². The summed E-state index contributed by atoms with van der Waals surface area (Å²) in [5, 5.41) is 0. The van der Waals surface area contributed by atoms with Crippen LogP contribution in [-0.4, -0.2) is 37.4 Å². The van der Waals surface area contributed by atoms with E-state index in [1.54, 1.807) is 0 Å². The van der Waals surface area contributed by atoms with E-state index in [0.717, 1.165) is 69.8 Å². The fourth-order valence-corrected chi connectivity index (χ4v) is 3.31. The van der Waals surface area contributed by atoms with Crippen molar-refractivity contribution in [2.45, 2.75) is 104 Å². The van der Waals surface area contributed by atoms with Crippen LogP contribution in [0.1, 0.15) is 96.5 Å². The molecule has 34 heavy (non-hydrogen) atoms. The molecule has 0 heterocycles. The van der Waals surface area contributed by atoms with Crippen molar-refractivity contribution in [2.75, 3.05) is 13.2 Å². The molecule has 0 bridgehead atoms. The van der Waals surface area contributed by atoms with E-state index in [0.29, 0.717) is 13.2 Å². The summed E-state index contributed by atoms with van der Waals surface area (Å²) < 4.78 is 20.9. The molecule has 0 spiro atoms. The van der Waals surface area contributed by atoms with Crippen molar-refractivity contribution in [2.24, 2.45) is 0 Å². The van der Waals surface area contributed by atoms with Gasteiger partial charge in [0.15, 0.2) is 0 Å². The molecule has 0 fully saturated rings. The van der Waals surface area contributed by atoms with Crippen LogP contribution >= 0.6 is 0 Å². The van der Waals surface area contributed by atoms with Gasteiger partial charge in [-0.1, -0.05) is 95.5 Å². The fraction of sp³-hybridized carbons (Fsp3) is 0.667. The van der Waals surface area contributed by atoms with Crippen LogP contribution in [0.2, 0.25) is 0 Å². The number of unbranched alkanes of at least 4 members (excludes halogenated alkanes) is 8. The van der Waals surface area contributed by atoms with Crippen molar-refractivity contribution in [1.82, 2.24) is 0 Å². The Hall–Kier alpha value is -2.57. The molecule has 0 saturated carbocycles. The first-order chi connectivity index (χ1) is 16.5. The normalized spacial score (nSPS) is 10.7. The second-order valence-electron chi connectivity index (χ2n) is 8.44. The van der Waals surface area contributed by atoms with Gasteiger partial charge < -0.3 is 18.9 Å². The average molecular weight is 479 g/mol. The van der Waals surface area contributed by atoms with Gasteiger partial charge in [-0.15, -0.1) is 0 Å². The van der Waals surface area contributed by atoms with Gasteiger partial charge >= 0.3 is 18.1 Å². The van der Waals surface area contributed by atoms with Crippen LogP contribution in [-0.2, 0) is 35.1 Å². The SMILES string of the molecule is CCCCCCCOC(=O)CC(CC(=O)OCCCCCCC)OC(=O)OCc1ccccc1. The first kappa shape index (κ1) is 29.5. The monoisotopic (exact) mass is 478 g/mol. The Balaban J connectivity index is 2.46. The molecule has 0 aliphatic heterocycles. The zero-order valence-electron chi connectivity index (χ0n) is 20.9. The van der Waals surface area contributed by atoms with E-state index >= 15 is 0 Å². The number of carbonyl (C=O) groups excluding carboxylic acids is 3. The number of rotatable bonds is 19. The van der Waals surface area contributed by atoms with Gasteiger partial charge in [-0.05, 0) is 18.4 Å². The van der Waals surface area contributed by atoms with E-state index in [9.17, 15) is 14.4 Å². The minimum Gasteiger partial charge on any atom is -0.466 e. The summed E-state index contributed by atoms with van der Waals surface area (Å²) in [5.41, 5.74) is 0.806. The summed E-state index contributed by atoms with van der Waals surface area (Å²) in [5.74, 6) is -1.02. The van der Waals surface area contributed by atoms with Crippen molar-refractivity contribution in [1.29, 1.82) is 0 Å². The molecule has 1 rings (SSSR count). The minimum absolute atomic E-state index is 0.0385. The van der Waals surface area contributed by atoms with E-state index in [1.165, 1.54) is 0 Å². The van der Waals surface area contributed by atoms with Crippen LogP contribution in [0.5, 0.6) is 0 Å². The van der Waals surface area contributed by atoms with E-state index in [4.69, 9.17) is 18.9 Å². The highest BCUT2D eigenvalue weighted by Gasteiger charge is 2.24. The number of hydrogen-bond acceptors (Lipinski definition) is 7. The Morgan fingerprint density at radius 2 is 1.18 bits per heavy atom. The lowest BCUT2D eigenvalue weighted by molar-refractivity contribution is -0.150. The van der Waals surface area contributed by atoms with Crippen LogP contribution in [0, 0.1) is 0 Å². The molecule has 0 amide bonds. The highest BCUT2D eigenvalue weighted by Crippen LogP contribution is 2.12. The van der Waals surface area contributed by atoms with Crippen LogP contribution in [0.4, 0.5) is 4.79 Å². The lowest BCUT2D eigenvalue weighted by Crippen LogP contribution is -2.27. The molecular weight excluding hydrogens is 436 g/mol. The first-order valence-corrected chi connectivity index (χ1v) is 12.7. The summed E-state index contributed by atoms with van der Waals surface area (Å²) in [6.45, 7) is 4.95. The molecule has 7 nitrogen and oxygen atoms in total. The summed E-state index contributed by atoms with van der Waals surface area (Å²) in [4.78, 5) is 36.6. The quantitative estimate of drug-likeness (QED) is 0.127. The van der Waals surface area contributed by atoms with Crippen LogP contribution in [0.25, 0.3) is 0 Å². The number of carbonyl (C=O) groups is 3. The van der Waals surface area contributed by atoms with Gasteiger partial charge in [-0.2, -0.15) is 0 Å². The Morgan fingerprint density at radius 3 is 1.68 bits per heavy atom. The number of benzene rings is 1. The average Bonchev–Trinajstić information content (AvgIpc) is 2.82. The maximum atomic E-state index is 12.2. The zero-order valence-corrected chi connectivity index (χ0v) is 20.9. The first-order valence-electron chi connectivity index (χ1n) is 12.7. The van der Waals surface area contributed by atoms with Crippen LogP contribution in [0.15, 0.2) is 30.3 Å². The summed E-state index contributed by atoms with van der Waals surface area (Å²) >= 11 is 0. The molecule has 0 aromatic heterocycles. The van der Waals surface area contributed by atoms with Gasteiger partial charge in [0, 0.05) is 0 Å². The van der Waals surface area contributed by atoms with Crippen molar-refractivity contribution in [3.63, 3.8) is 0 Å². The molecule has 1 aromatic carbocycles. The number of esters is 2. The molecule has 0 saturated heterocycles. The predicted molar refractivity (Wildman–Crippen MR) is 130 cm³/mol. The molecule has 0 unspecified atom stereocenters. The lowest BCUT2D eigenvalue weighted by Gasteiger charge is -2.17. The van der Waals surface area contributed by atoms with Gasteiger partial charge in [0.2, 0.25) is 0 Å². The second-order valence-corrected chi connectivity index (χ2v) is 8.44. The highest BCUT2D eigenvalue weighted by atomic mass is 16.7. The maximum absolute atomic E-state index is 12.2. The molecule has 0 aliphatic carbocycles. The van der Waals surface area contributed by atoms with Gasteiger partial charge in [0.1, 0.15) is 12.7 Å². The molecule has 7 heteroatoms. The largest absolute Gasteiger partial charge is 0.508 e. The minimum atomic E-state index is -0.997. The van der Waals surface area contributed by atoms with Gasteiger partial charge in [-0.3, -0.25) is 9.59 Å². The Morgan fingerprint density at radius 1 is 0.676 bits per heavy atom. The molecule has 192 valence electrons. The summed E-state index contributed by atoms with van der Waals surface area (Å²) in [7, 11) is 0. The van der Waals surface area contributed by atoms with Crippen LogP contribution < -0.4 is 0 Å². The van der Waals surface area contributed by atoms with Crippen molar-refractivity contribution in [3.05, 3.63) is 35.9 Å². The van der Waals surface area contributed by atoms with Gasteiger partial charge in [-0.25, -0.2) is 4.79 Å². The fourth-order valence-electron chi connectivity index (χ4n) is 3.31. The molecule has 0 aliphatic rings. The maximum Gasteiger partial charge on any atom is 0.508 e. The highest BCUT2D eigenvalue weighted by molar-refractivity contribution is 5.74. The molecule has 0 atom stereocenters. The molecule has 1 aromatic rings. The van der Waals surface area contributed by atoms with Crippen LogP contribution in [0.3, 0.4) is 0 Å². The lowest BCUT2D eigenvalue weighted by atomic mass is 10.1. The Bertz CT molecular complexity index is 645. The number of ether oxygens (including phenoxy) is 4. The van der Waals surface area contributed by atoms with Gasteiger partial charge in [0.25, 0.3) is 0 Å². The molecular formula is C27H42O7. The third kappa shape index (κ3) is 16.1. The zero-order chi connectivity index (χ0) is 24.9. The van der Waals surface area contributed by atoms with E-state index < -0.39 is 24.2 Å². The van der Waals surface area contributed by atoms with E-state index in [-0.39, 0.29) is 19.4 Å². The van der Waals surface area contributed by atoms with E-state index in [2.05, 4.69) is 13.8 Å². The van der Waals surface area contributed by atoms with Crippen molar-refractivity contribution in [3.8, 4) is 0 Å². The second kappa shape index (κ2) is 19.9. The standard InChI is InChI=1S/C27H42O7/c1-3-5-7-9-14-18-31-25(28)20-24(21-26(29)32-19-15-10-8-6-4-2)34-27(30)33-22-23-16-12-11-13-17-23/h11-13,16-17,24H,3-10,14-15,18-22H2,1-2H3. The molecule has 0 N–H and O–H groups in total. The number of hydrogen-bond donors (Lipinski definition) is 0. The van der Waals surface area contributed by atoms with Crippen molar-refractivity contribution < 1.29 is 33.3 Å².